The number of anilines is 2. The number of aryl methyl sites for hydroxylation is 2. The van der Waals surface area contributed by atoms with Crippen LogP contribution in [0.3, 0.4) is 0 Å². The molecule has 39 heavy (non-hydrogen) atoms. The molecule has 1 aliphatic heterocycles. The van der Waals surface area contributed by atoms with E-state index in [1.54, 1.807) is 23.1 Å². The zero-order valence-corrected chi connectivity index (χ0v) is 23.1. The van der Waals surface area contributed by atoms with Gasteiger partial charge in [0.1, 0.15) is 0 Å². The van der Waals surface area contributed by atoms with E-state index in [4.69, 9.17) is 21.1 Å². The molecular formula is C29H34ClN5O4. The van der Waals surface area contributed by atoms with Crippen LogP contribution in [0.1, 0.15) is 43.5 Å². The van der Waals surface area contributed by atoms with Crippen LogP contribution < -0.4 is 20.1 Å². The number of para-hydroxylation sites is 2. The molecule has 0 aliphatic carbocycles. The summed E-state index contributed by atoms with van der Waals surface area (Å²) in [5.41, 5.74) is 2.12. The summed E-state index contributed by atoms with van der Waals surface area (Å²) in [5, 5.41) is 6.44. The van der Waals surface area contributed by atoms with Gasteiger partial charge < -0.3 is 25.0 Å². The summed E-state index contributed by atoms with van der Waals surface area (Å²) in [4.78, 5) is 36.6. The fourth-order valence-corrected chi connectivity index (χ4v) is 4.47. The summed E-state index contributed by atoms with van der Waals surface area (Å²) >= 11 is 6.23. The summed E-state index contributed by atoms with van der Waals surface area (Å²) in [6, 6.07) is 14.3. The number of benzene rings is 2. The summed E-state index contributed by atoms with van der Waals surface area (Å²) in [6.07, 6.45) is 3.73. The lowest BCUT2D eigenvalue weighted by Crippen LogP contribution is -2.39. The second kappa shape index (κ2) is 13.8. The van der Waals surface area contributed by atoms with Crippen LogP contribution in [0, 0.1) is 13.8 Å². The molecule has 0 unspecified atom stereocenters. The molecular weight excluding hydrogens is 518 g/mol. The predicted octanol–water partition coefficient (Wildman–Crippen LogP) is 5.76. The summed E-state index contributed by atoms with van der Waals surface area (Å²) in [7, 11) is 0. The number of amides is 2. The molecule has 2 N–H and O–H groups in total. The Balaban J connectivity index is 1.47. The van der Waals surface area contributed by atoms with Crippen LogP contribution >= 0.6 is 11.6 Å². The number of hydrogen-bond donors (Lipinski definition) is 2. The quantitative estimate of drug-likeness (QED) is 0.424. The van der Waals surface area contributed by atoms with Gasteiger partial charge in [-0.3, -0.25) is 9.59 Å². The number of halogens is 1. The zero-order valence-electron chi connectivity index (χ0n) is 22.3. The van der Waals surface area contributed by atoms with E-state index in [0.29, 0.717) is 53.6 Å². The van der Waals surface area contributed by atoms with Gasteiger partial charge in [0, 0.05) is 35.9 Å². The predicted molar refractivity (Wildman–Crippen MR) is 152 cm³/mol. The van der Waals surface area contributed by atoms with Crippen molar-refractivity contribution in [2.45, 2.75) is 46.0 Å². The molecule has 0 saturated heterocycles. The largest absolute Gasteiger partial charge is 0.490 e. The van der Waals surface area contributed by atoms with E-state index in [1.807, 2.05) is 44.2 Å². The molecule has 0 bridgehead atoms. The number of rotatable bonds is 4. The van der Waals surface area contributed by atoms with Gasteiger partial charge in [-0.25, -0.2) is 9.97 Å². The van der Waals surface area contributed by atoms with Gasteiger partial charge in [0.25, 0.3) is 0 Å². The van der Waals surface area contributed by atoms with Gasteiger partial charge in [0.2, 0.25) is 17.8 Å². The fourth-order valence-electron chi connectivity index (χ4n) is 4.30. The van der Waals surface area contributed by atoms with Crippen LogP contribution in [0.5, 0.6) is 17.2 Å². The molecule has 0 saturated carbocycles. The van der Waals surface area contributed by atoms with Gasteiger partial charge in [0.15, 0.2) is 17.2 Å². The highest BCUT2D eigenvalue weighted by Crippen LogP contribution is 2.36. The molecule has 2 heterocycles. The molecule has 4 rings (SSSR count). The second-order valence-electron chi connectivity index (χ2n) is 9.47. The SMILES string of the molecule is Cc1cc(C)nc(NCCC(=O)N2CCCCCCOc3ccccc3Oc3ccc(Cl)cc3NC(=O)C2)n1. The molecule has 0 fully saturated rings. The molecule has 10 heteroatoms. The Morgan fingerprint density at radius 1 is 1.00 bits per heavy atom. The highest BCUT2D eigenvalue weighted by atomic mass is 35.5. The van der Waals surface area contributed by atoms with Crippen LogP contribution in [-0.2, 0) is 9.59 Å². The molecule has 0 atom stereocenters. The average Bonchev–Trinajstić information content (AvgIpc) is 2.88. The molecule has 3 aromatic rings. The molecule has 0 radical (unpaired) electrons. The summed E-state index contributed by atoms with van der Waals surface area (Å²) in [6.45, 7) is 5.12. The van der Waals surface area contributed by atoms with E-state index >= 15 is 0 Å². The monoisotopic (exact) mass is 551 g/mol. The van der Waals surface area contributed by atoms with Gasteiger partial charge in [-0.05, 0) is 63.1 Å². The van der Waals surface area contributed by atoms with Crippen LogP contribution in [-0.4, -0.2) is 52.9 Å². The Morgan fingerprint density at radius 2 is 1.74 bits per heavy atom. The Labute approximate surface area is 233 Å². The zero-order chi connectivity index (χ0) is 27.6. The minimum Gasteiger partial charge on any atom is -0.490 e. The van der Waals surface area contributed by atoms with Crippen molar-refractivity contribution < 1.29 is 19.1 Å². The Morgan fingerprint density at radius 3 is 2.54 bits per heavy atom. The number of aromatic nitrogens is 2. The normalized spacial score (nSPS) is 14.7. The number of nitrogens with one attached hydrogen (secondary N) is 2. The molecule has 206 valence electrons. The van der Waals surface area contributed by atoms with Gasteiger partial charge in [-0.1, -0.05) is 36.6 Å². The second-order valence-corrected chi connectivity index (χ2v) is 9.90. The summed E-state index contributed by atoms with van der Waals surface area (Å²) < 4.78 is 12.1. The van der Waals surface area contributed by atoms with Crippen molar-refractivity contribution in [2.24, 2.45) is 0 Å². The third-order valence-electron chi connectivity index (χ3n) is 6.16. The number of carbonyl (C=O) groups is 2. The van der Waals surface area contributed by atoms with E-state index in [0.717, 1.165) is 37.1 Å². The topological polar surface area (TPSA) is 106 Å². The highest BCUT2D eigenvalue weighted by molar-refractivity contribution is 6.31. The number of nitrogens with zero attached hydrogens (tertiary/aromatic N) is 3. The third kappa shape index (κ3) is 8.58. The van der Waals surface area contributed by atoms with Gasteiger partial charge in [0.05, 0.1) is 18.8 Å². The van der Waals surface area contributed by atoms with Crippen LogP contribution in [0.4, 0.5) is 11.6 Å². The van der Waals surface area contributed by atoms with Gasteiger partial charge in [-0.2, -0.15) is 0 Å². The maximum Gasteiger partial charge on any atom is 0.244 e. The first-order valence-corrected chi connectivity index (χ1v) is 13.6. The molecule has 0 spiro atoms. The smallest absolute Gasteiger partial charge is 0.244 e. The van der Waals surface area contributed by atoms with Crippen molar-refractivity contribution in [3.63, 3.8) is 0 Å². The number of fused-ring (bicyclic) bond motifs is 2. The Bertz CT molecular complexity index is 1280. The van der Waals surface area contributed by atoms with Crippen LogP contribution in [0.15, 0.2) is 48.5 Å². The van der Waals surface area contributed by atoms with Crippen LogP contribution in [0.25, 0.3) is 0 Å². The van der Waals surface area contributed by atoms with Crippen molar-refractivity contribution in [1.82, 2.24) is 14.9 Å². The van der Waals surface area contributed by atoms with Crippen LogP contribution in [0.2, 0.25) is 5.02 Å². The first-order chi connectivity index (χ1) is 18.9. The van der Waals surface area contributed by atoms with Gasteiger partial charge >= 0.3 is 0 Å². The fraction of sp³-hybridized carbons (Fsp3) is 0.379. The molecule has 2 amide bonds. The minimum absolute atomic E-state index is 0.0788. The first kappa shape index (κ1) is 28.2. The molecule has 2 aromatic carbocycles. The first-order valence-electron chi connectivity index (χ1n) is 13.2. The molecule has 9 nitrogen and oxygen atoms in total. The highest BCUT2D eigenvalue weighted by Gasteiger charge is 2.19. The van der Waals surface area contributed by atoms with E-state index in [9.17, 15) is 9.59 Å². The Kier molecular flexibility index (Phi) is 9.97. The van der Waals surface area contributed by atoms with Crippen molar-refractivity contribution >= 4 is 35.1 Å². The van der Waals surface area contributed by atoms with E-state index in [-0.39, 0.29) is 24.8 Å². The number of ether oxygens (including phenoxy) is 2. The van der Waals surface area contributed by atoms with Crippen molar-refractivity contribution in [3.05, 3.63) is 64.9 Å². The molecule has 1 aliphatic rings. The van der Waals surface area contributed by atoms with E-state index in [2.05, 4.69) is 20.6 Å². The van der Waals surface area contributed by atoms with Crippen molar-refractivity contribution in [1.29, 1.82) is 0 Å². The van der Waals surface area contributed by atoms with Crippen molar-refractivity contribution in [2.75, 3.05) is 36.9 Å². The Hall–Kier alpha value is -3.85. The van der Waals surface area contributed by atoms with E-state index in [1.165, 1.54) is 0 Å². The van der Waals surface area contributed by atoms with E-state index < -0.39 is 0 Å². The lowest BCUT2D eigenvalue weighted by molar-refractivity contribution is -0.134. The standard InChI is InChI=1S/C29H34ClN5O4/c1-20-17-21(2)33-29(32-20)31-14-13-28(37)35-15-7-3-4-8-16-38-25-9-5-6-10-26(25)39-24-12-11-22(30)18-23(24)34-27(36)19-35/h5-6,9-12,17-18H,3-4,7-8,13-16,19H2,1-2H3,(H,34,36)(H,31,32,33). The minimum atomic E-state index is -0.335. The maximum atomic E-state index is 13.1. The number of carbonyl (C=O) groups excluding carboxylic acids is 2. The molecule has 1 aromatic heterocycles. The lowest BCUT2D eigenvalue weighted by atomic mass is 10.2. The van der Waals surface area contributed by atoms with Gasteiger partial charge in [-0.15, -0.1) is 0 Å². The van der Waals surface area contributed by atoms with Crippen molar-refractivity contribution in [3.8, 4) is 17.2 Å². The lowest BCUT2D eigenvalue weighted by Gasteiger charge is -2.23. The maximum absolute atomic E-state index is 13.1. The summed E-state index contributed by atoms with van der Waals surface area (Å²) in [5.74, 6) is 1.63. The third-order valence-corrected chi connectivity index (χ3v) is 6.39. The number of hydrogen-bond acceptors (Lipinski definition) is 7. The average molecular weight is 552 g/mol.